The third-order valence-corrected chi connectivity index (χ3v) is 7.85. The molecule has 0 spiro atoms. The molecule has 3 aromatic carbocycles. The SMILES string of the molecule is COc1ccc(CC2COc3cc(OC)c(OC)c(OC)c3C2=O)cc1OC(=O)[C@H](Cc1c[nH]c2ccccc12)NC(=O)OC(C)(C)C. The number of alkyl carbamates (subject to hydrolysis) is 1. The van der Waals surface area contributed by atoms with Gasteiger partial charge in [0.25, 0.3) is 0 Å². The van der Waals surface area contributed by atoms with Crippen molar-refractivity contribution in [2.45, 2.75) is 45.3 Å². The van der Waals surface area contributed by atoms with Crippen LogP contribution < -0.4 is 33.7 Å². The molecule has 1 amide bonds. The lowest BCUT2D eigenvalue weighted by Crippen LogP contribution is -2.46. The number of hydrogen-bond donors (Lipinski definition) is 2. The van der Waals surface area contributed by atoms with Crippen molar-refractivity contribution in [3.63, 3.8) is 0 Å². The molecule has 0 bridgehead atoms. The van der Waals surface area contributed by atoms with Crippen molar-refractivity contribution in [3.8, 4) is 34.5 Å². The maximum Gasteiger partial charge on any atom is 0.408 e. The van der Waals surface area contributed by atoms with E-state index in [0.29, 0.717) is 22.8 Å². The first-order valence-corrected chi connectivity index (χ1v) is 15.4. The molecule has 1 aromatic heterocycles. The standard InChI is InChI=1S/C36H40N2O10/c1-36(2,3)48-35(41)38-25(16-21-18-37-24-11-9-8-10-23(21)24)34(40)47-27-15-20(12-13-26(27)42-4)14-22-19-46-28-17-29(43-5)32(44-6)33(45-7)30(28)31(22)39/h8-13,15,17-18,22,25,37H,14,16,19H2,1-7H3,(H,38,41)/t22?,25-/m0/s1. The van der Waals surface area contributed by atoms with Crippen molar-refractivity contribution in [3.05, 3.63) is 71.4 Å². The van der Waals surface area contributed by atoms with E-state index < -0.39 is 29.6 Å². The molecule has 254 valence electrons. The molecule has 48 heavy (non-hydrogen) atoms. The van der Waals surface area contributed by atoms with Gasteiger partial charge in [-0.25, -0.2) is 9.59 Å². The van der Waals surface area contributed by atoms with Crippen molar-refractivity contribution < 1.29 is 47.5 Å². The summed E-state index contributed by atoms with van der Waals surface area (Å²) in [7, 11) is 5.86. The van der Waals surface area contributed by atoms with Crippen LogP contribution in [0.15, 0.2) is 54.7 Å². The third kappa shape index (κ3) is 7.27. The maximum absolute atomic E-state index is 13.8. The van der Waals surface area contributed by atoms with Gasteiger partial charge in [0.1, 0.15) is 23.0 Å². The molecule has 2 heterocycles. The van der Waals surface area contributed by atoms with E-state index in [9.17, 15) is 14.4 Å². The molecule has 0 fully saturated rings. The van der Waals surface area contributed by atoms with Crippen molar-refractivity contribution in [1.82, 2.24) is 10.3 Å². The quantitative estimate of drug-likeness (QED) is 0.152. The lowest BCUT2D eigenvalue weighted by Gasteiger charge is -2.27. The van der Waals surface area contributed by atoms with Gasteiger partial charge in [-0.15, -0.1) is 0 Å². The van der Waals surface area contributed by atoms with Crippen LogP contribution in [0.2, 0.25) is 0 Å². The molecule has 4 aromatic rings. The van der Waals surface area contributed by atoms with Gasteiger partial charge in [0.05, 0.1) is 41.0 Å². The van der Waals surface area contributed by atoms with E-state index in [1.807, 2.05) is 24.3 Å². The predicted molar refractivity (Wildman–Crippen MR) is 177 cm³/mol. The number of ketones is 1. The number of carbonyl (C=O) groups is 3. The first kappa shape index (κ1) is 34.0. The van der Waals surface area contributed by atoms with Gasteiger partial charge in [-0.3, -0.25) is 4.79 Å². The number of Topliss-reactive ketones (excluding diaryl/α,β-unsaturated/α-hetero) is 1. The molecule has 1 aliphatic rings. The van der Waals surface area contributed by atoms with E-state index in [0.717, 1.165) is 16.5 Å². The fourth-order valence-corrected chi connectivity index (χ4v) is 5.66. The van der Waals surface area contributed by atoms with E-state index in [1.54, 1.807) is 51.2 Å². The van der Waals surface area contributed by atoms with Gasteiger partial charge in [-0.1, -0.05) is 24.3 Å². The number of carbonyl (C=O) groups excluding carboxylic acids is 3. The van der Waals surface area contributed by atoms with Crippen LogP contribution in [0.5, 0.6) is 34.5 Å². The van der Waals surface area contributed by atoms with Crippen LogP contribution in [0.4, 0.5) is 4.79 Å². The molecule has 5 rings (SSSR count). The largest absolute Gasteiger partial charge is 0.493 e. The smallest absolute Gasteiger partial charge is 0.408 e. The molecule has 1 unspecified atom stereocenters. The van der Waals surface area contributed by atoms with Crippen molar-refractivity contribution in [1.29, 1.82) is 0 Å². The number of methoxy groups -OCH3 is 4. The minimum Gasteiger partial charge on any atom is -0.493 e. The Morgan fingerprint density at radius 1 is 0.938 bits per heavy atom. The Morgan fingerprint density at radius 3 is 2.35 bits per heavy atom. The van der Waals surface area contributed by atoms with Gasteiger partial charge in [0, 0.05) is 29.6 Å². The number of ether oxygens (including phenoxy) is 7. The van der Waals surface area contributed by atoms with Crippen molar-refractivity contribution >= 4 is 28.7 Å². The summed E-state index contributed by atoms with van der Waals surface area (Å²) >= 11 is 0. The maximum atomic E-state index is 13.8. The zero-order chi connectivity index (χ0) is 34.6. The lowest BCUT2D eigenvalue weighted by molar-refractivity contribution is -0.136. The number of amides is 1. The van der Waals surface area contributed by atoms with Crippen molar-refractivity contribution in [2.24, 2.45) is 5.92 Å². The summed E-state index contributed by atoms with van der Waals surface area (Å²) in [6.07, 6.45) is 1.43. The van der Waals surface area contributed by atoms with Crippen LogP contribution in [-0.2, 0) is 22.4 Å². The molecular weight excluding hydrogens is 620 g/mol. The molecule has 12 nitrogen and oxygen atoms in total. The summed E-state index contributed by atoms with van der Waals surface area (Å²) in [5.74, 6) is 0.168. The first-order chi connectivity index (χ1) is 23.0. The molecule has 12 heteroatoms. The van der Waals surface area contributed by atoms with Gasteiger partial charge in [-0.05, 0) is 56.5 Å². The second kappa shape index (κ2) is 14.2. The molecule has 0 saturated carbocycles. The number of fused-ring (bicyclic) bond motifs is 2. The topological polar surface area (TPSA) is 144 Å². The number of benzene rings is 3. The minimum absolute atomic E-state index is 0.109. The summed E-state index contributed by atoms with van der Waals surface area (Å²) in [6.45, 7) is 5.32. The van der Waals surface area contributed by atoms with Gasteiger partial charge in [0.15, 0.2) is 28.8 Å². The number of rotatable bonds is 11. The highest BCUT2D eigenvalue weighted by Gasteiger charge is 2.36. The van der Waals surface area contributed by atoms with E-state index >= 15 is 0 Å². The zero-order valence-corrected chi connectivity index (χ0v) is 28.1. The first-order valence-electron chi connectivity index (χ1n) is 15.4. The van der Waals surface area contributed by atoms with Gasteiger partial charge < -0.3 is 43.5 Å². The van der Waals surface area contributed by atoms with E-state index in [1.165, 1.54) is 28.4 Å². The molecule has 0 radical (unpaired) electrons. The number of aromatic amines is 1. The summed E-state index contributed by atoms with van der Waals surface area (Å²) in [5.41, 5.74) is 1.88. The predicted octanol–water partition coefficient (Wildman–Crippen LogP) is 5.68. The molecule has 0 aliphatic carbocycles. The fraction of sp³-hybridized carbons (Fsp3) is 0.361. The average molecular weight is 661 g/mol. The Balaban J connectivity index is 1.39. The summed E-state index contributed by atoms with van der Waals surface area (Å²) in [5, 5.41) is 3.59. The fourth-order valence-electron chi connectivity index (χ4n) is 5.66. The Labute approximate surface area is 278 Å². The molecule has 2 N–H and O–H groups in total. The number of H-pyrrole nitrogens is 1. The number of hydrogen-bond acceptors (Lipinski definition) is 10. The van der Waals surface area contributed by atoms with E-state index in [-0.39, 0.29) is 48.0 Å². The van der Waals surface area contributed by atoms with Gasteiger partial charge >= 0.3 is 12.1 Å². The van der Waals surface area contributed by atoms with E-state index in [4.69, 9.17) is 33.2 Å². The minimum atomic E-state index is -1.10. The summed E-state index contributed by atoms with van der Waals surface area (Å²) in [6, 6.07) is 13.2. The van der Waals surface area contributed by atoms with Crippen LogP contribution in [0.3, 0.4) is 0 Å². The second-order valence-corrected chi connectivity index (χ2v) is 12.3. The Morgan fingerprint density at radius 2 is 1.67 bits per heavy atom. The monoisotopic (exact) mass is 660 g/mol. The van der Waals surface area contributed by atoms with Crippen LogP contribution in [0.25, 0.3) is 10.9 Å². The highest BCUT2D eigenvalue weighted by Crippen LogP contribution is 2.47. The summed E-state index contributed by atoms with van der Waals surface area (Å²) in [4.78, 5) is 43.5. The highest BCUT2D eigenvalue weighted by molar-refractivity contribution is 6.05. The lowest BCUT2D eigenvalue weighted by atomic mass is 9.88. The third-order valence-electron chi connectivity index (χ3n) is 7.85. The number of esters is 1. The Hall–Kier alpha value is -5.39. The zero-order valence-electron chi connectivity index (χ0n) is 28.1. The molecule has 2 atom stereocenters. The summed E-state index contributed by atoms with van der Waals surface area (Å²) < 4.78 is 39.2. The van der Waals surface area contributed by atoms with Crippen LogP contribution >= 0.6 is 0 Å². The normalized spacial score (nSPS) is 14.7. The molecule has 0 saturated heterocycles. The number of para-hydroxylation sites is 1. The van der Waals surface area contributed by atoms with Gasteiger partial charge in [-0.2, -0.15) is 0 Å². The van der Waals surface area contributed by atoms with Crippen LogP contribution in [0.1, 0.15) is 42.3 Å². The second-order valence-electron chi connectivity index (χ2n) is 12.3. The average Bonchev–Trinajstić information content (AvgIpc) is 3.46. The van der Waals surface area contributed by atoms with Crippen molar-refractivity contribution in [2.75, 3.05) is 35.0 Å². The van der Waals surface area contributed by atoms with Gasteiger partial charge in [0.2, 0.25) is 5.75 Å². The van der Waals surface area contributed by atoms with Crippen LogP contribution in [-0.4, -0.2) is 69.5 Å². The Bertz CT molecular complexity index is 1820. The number of aromatic nitrogens is 1. The number of nitrogens with one attached hydrogen (secondary N) is 2. The Kier molecular flexibility index (Phi) is 10.0. The molecule has 1 aliphatic heterocycles. The highest BCUT2D eigenvalue weighted by atomic mass is 16.6. The molecular formula is C36H40N2O10. The van der Waals surface area contributed by atoms with Crippen LogP contribution in [0, 0.1) is 5.92 Å². The van der Waals surface area contributed by atoms with E-state index in [2.05, 4.69) is 10.3 Å².